The van der Waals surface area contributed by atoms with Crippen LogP contribution in [-0.2, 0) is 4.79 Å². The first kappa shape index (κ1) is 15.8. The van der Waals surface area contributed by atoms with Crippen LogP contribution in [-0.4, -0.2) is 48.9 Å². The summed E-state index contributed by atoms with van der Waals surface area (Å²) in [5.41, 5.74) is 0.801. The highest BCUT2D eigenvalue weighted by atomic mass is 79.9. The van der Waals surface area contributed by atoms with E-state index < -0.39 is 0 Å². The molecule has 0 spiro atoms. The molecule has 1 N–H and O–H groups in total. The summed E-state index contributed by atoms with van der Waals surface area (Å²) in [5.74, 6) is 0.00846. The molecule has 1 saturated heterocycles. The Kier molecular flexibility index (Phi) is 5.22. The maximum atomic E-state index is 12.2. The van der Waals surface area contributed by atoms with Crippen molar-refractivity contribution in [2.75, 3.05) is 32.5 Å². The van der Waals surface area contributed by atoms with Crippen molar-refractivity contribution in [1.82, 2.24) is 9.80 Å². The van der Waals surface area contributed by atoms with Gasteiger partial charge in [0.15, 0.2) is 0 Å². The summed E-state index contributed by atoms with van der Waals surface area (Å²) in [7, 11) is 3.49. The Morgan fingerprint density at radius 1 is 1.19 bits per heavy atom. The molecule has 0 saturated carbocycles. The zero-order valence-corrected chi connectivity index (χ0v) is 13.9. The Hall–Kier alpha value is -1.56. The van der Waals surface area contributed by atoms with Crippen molar-refractivity contribution in [3.63, 3.8) is 0 Å². The minimum absolute atomic E-state index is 0.0155. The third-order valence-electron chi connectivity index (χ3n) is 3.63. The number of nitrogens with zero attached hydrogens (tertiary/aromatic N) is 2. The molecular formula is C15H20BrN3O2. The fourth-order valence-electron chi connectivity index (χ4n) is 2.39. The quantitative estimate of drug-likeness (QED) is 0.888. The number of carbonyl (C=O) groups is 2. The Morgan fingerprint density at radius 2 is 1.76 bits per heavy atom. The molecule has 0 bridgehead atoms. The van der Waals surface area contributed by atoms with Crippen LogP contribution in [0.15, 0.2) is 28.7 Å². The summed E-state index contributed by atoms with van der Waals surface area (Å²) in [6.45, 7) is 1.27. The largest absolute Gasteiger partial charge is 0.331 e. The first-order valence-corrected chi connectivity index (χ1v) is 7.79. The SMILES string of the molecule is CN(C)C(=O)N1CCC(C(=O)Nc2ccc(Br)cc2)CC1. The molecule has 1 aromatic rings. The van der Waals surface area contributed by atoms with E-state index in [0.717, 1.165) is 10.2 Å². The van der Waals surface area contributed by atoms with Crippen molar-refractivity contribution in [1.29, 1.82) is 0 Å². The van der Waals surface area contributed by atoms with Gasteiger partial charge >= 0.3 is 6.03 Å². The Balaban J connectivity index is 1.86. The second-order valence-electron chi connectivity index (χ2n) is 5.43. The van der Waals surface area contributed by atoms with Gasteiger partial charge in [-0.15, -0.1) is 0 Å². The Morgan fingerprint density at radius 3 is 2.29 bits per heavy atom. The average molecular weight is 354 g/mol. The standard InChI is InChI=1S/C15H20BrN3O2/c1-18(2)15(21)19-9-7-11(8-10-19)14(20)17-13-5-3-12(16)4-6-13/h3-6,11H,7-10H2,1-2H3,(H,17,20). The van der Waals surface area contributed by atoms with Crippen LogP contribution in [0.1, 0.15) is 12.8 Å². The minimum atomic E-state index is -0.0279. The molecule has 6 heteroatoms. The molecule has 1 aromatic carbocycles. The highest BCUT2D eigenvalue weighted by Crippen LogP contribution is 2.21. The summed E-state index contributed by atoms with van der Waals surface area (Å²) in [6, 6.07) is 7.54. The summed E-state index contributed by atoms with van der Waals surface area (Å²) >= 11 is 3.37. The third kappa shape index (κ3) is 4.20. The lowest BCUT2D eigenvalue weighted by Gasteiger charge is -2.33. The highest BCUT2D eigenvalue weighted by Gasteiger charge is 2.27. The second kappa shape index (κ2) is 6.93. The molecule has 1 heterocycles. The molecule has 1 aliphatic rings. The van der Waals surface area contributed by atoms with Gasteiger partial charge in [0.25, 0.3) is 0 Å². The molecule has 3 amide bonds. The lowest BCUT2D eigenvalue weighted by atomic mass is 9.96. The van der Waals surface area contributed by atoms with Crippen molar-refractivity contribution in [3.05, 3.63) is 28.7 Å². The zero-order chi connectivity index (χ0) is 15.4. The Labute approximate surface area is 133 Å². The van der Waals surface area contributed by atoms with Gasteiger partial charge in [0, 0.05) is 43.3 Å². The number of amides is 3. The third-order valence-corrected chi connectivity index (χ3v) is 4.16. The van der Waals surface area contributed by atoms with E-state index in [4.69, 9.17) is 0 Å². The molecule has 1 aliphatic heterocycles. The van der Waals surface area contributed by atoms with Crippen LogP contribution < -0.4 is 5.32 Å². The molecule has 0 atom stereocenters. The molecular weight excluding hydrogens is 334 g/mol. The fourth-order valence-corrected chi connectivity index (χ4v) is 2.66. The number of hydrogen-bond donors (Lipinski definition) is 1. The smallest absolute Gasteiger partial charge is 0.319 e. The van der Waals surface area contributed by atoms with E-state index in [1.54, 1.807) is 23.9 Å². The van der Waals surface area contributed by atoms with E-state index in [2.05, 4.69) is 21.2 Å². The number of urea groups is 1. The average Bonchev–Trinajstić information content (AvgIpc) is 2.49. The maximum absolute atomic E-state index is 12.2. The number of likely N-dealkylation sites (tertiary alicyclic amines) is 1. The van der Waals surface area contributed by atoms with Crippen LogP contribution in [0.2, 0.25) is 0 Å². The molecule has 1 fully saturated rings. The number of carbonyl (C=O) groups excluding carboxylic acids is 2. The summed E-state index contributed by atoms with van der Waals surface area (Å²) in [4.78, 5) is 27.4. The predicted octanol–water partition coefficient (Wildman–Crippen LogP) is 2.78. The first-order chi connectivity index (χ1) is 9.97. The molecule has 114 valence electrons. The maximum Gasteiger partial charge on any atom is 0.319 e. The molecule has 2 rings (SSSR count). The number of halogens is 1. The van der Waals surface area contributed by atoms with Gasteiger partial charge in [0.05, 0.1) is 0 Å². The van der Waals surface area contributed by atoms with Crippen LogP contribution in [0, 0.1) is 5.92 Å². The van der Waals surface area contributed by atoms with Crippen molar-refractivity contribution in [3.8, 4) is 0 Å². The van der Waals surface area contributed by atoms with Crippen molar-refractivity contribution < 1.29 is 9.59 Å². The number of piperidine rings is 1. The van der Waals surface area contributed by atoms with Gasteiger partial charge in [-0.25, -0.2) is 4.79 Å². The number of hydrogen-bond acceptors (Lipinski definition) is 2. The molecule has 0 unspecified atom stereocenters. The molecule has 0 aliphatic carbocycles. The second-order valence-corrected chi connectivity index (χ2v) is 6.35. The van der Waals surface area contributed by atoms with Crippen LogP contribution in [0.3, 0.4) is 0 Å². The molecule has 5 nitrogen and oxygen atoms in total. The number of rotatable bonds is 2. The van der Waals surface area contributed by atoms with Gasteiger partial charge in [0.2, 0.25) is 5.91 Å². The summed E-state index contributed by atoms with van der Waals surface area (Å²) < 4.78 is 0.982. The molecule has 0 aromatic heterocycles. The van der Waals surface area contributed by atoms with Gasteiger partial charge < -0.3 is 15.1 Å². The summed E-state index contributed by atoms with van der Waals surface area (Å²) in [5, 5.41) is 2.93. The lowest BCUT2D eigenvalue weighted by molar-refractivity contribution is -0.121. The van der Waals surface area contributed by atoms with E-state index in [0.29, 0.717) is 25.9 Å². The van der Waals surface area contributed by atoms with Gasteiger partial charge in [-0.3, -0.25) is 4.79 Å². The predicted molar refractivity (Wildman–Crippen MR) is 86.2 cm³/mol. The highest BCUT2D eigenvalue weighted by molar-refractivity contribution is 9.10. The van der Waals surface area contributed by atoms with Crippen molar-refractivity contribution in [2.45, 2.75) is 12.8 Å². The first-order valence-electron chi connectivity index (χ1n) is 7.00. The van der Waals surface area contributed by atoms with Crippen LogP contribution in [0.4, 0.5) is 10.5 Å². The number of anilines is 1. The topological polar surface area (TPSA) is 52.7 Å². The normalized spacial score (nSPS) is 15.7. The number of nitrogens with one attached hydrogen (secondary N) is 1. The van der Waals surface area contributed by atoms with Crippen molar-refractivity contribution >= 4 is 33.6 Å². The van der Waals surface area contributed by atoms with Crippen LogP contribution in [0.25, 0.3) is 0 Å². The van der Waals surface area contributed by atoms with Gasteiger partial charge in [0.1, 0.15) is 0 Å². The van der Waals surface area contributed by atoms with Gasteiger partial charge in [-0.05, 0) is 37.1 Å². The number of benzene rings is 1. The van der Waals surface area contributed by atoms with E-state index in [9.17, 15) is 9.59 Å². The van der Waals surface area contributed by atoms with Gasteiger partial charge in [-0.2, -0.15) is 0 Å². The molecule has 0 radical (unpaired) electrons. The minimum Gasteiger partial charge on any atom is -0.331 e. The lowest BCUT2D eigenvalue weighted by Crippen LogP contribution is -2.45. The van der Waals surface area contributed by atoms with E-state index in [1.807, 2.05) is 24.3 Å². The molecule has 21 heavy (non-hydrogen) atoms. The fraction of sp³-hybridized carbons (Fsp3) is 0.467. The van der Waals surface area contributed by atoms with Crippen molar-refractivity contribution in [2.24, 2.45) is 5.92 Å². The zero-order valence-electron chi connectivity index (χ0n) is 12.3. The van der Waals surface area contributed by atoms with E-state index in [1.165, 1.54) is 0 Å². The van der Waals surface area contributed by atoms with Crippen LogP contribution >= 0.6 is 15.9 Å². The van der Waals surface area contributed by atoms with E-state index in [-0.39, 0.29) is 17.9 Å². The van der Waals surface area contributed by atoms with Crippen LogP contribution in [0.5, 0.6) is 0 Å². The van der Waals surface area contributed by atoms with E-state index >= 15 is 0 Å². The van der Waals surface area contributed by atoms with Gasteiger partial charge in [-0.1, -0.05) is 15.9 Å². The monoisotopic (exact) mass is 353 g/mol. The summed E-state index contributed by atoms with van der Waals surface area (Å²) in [6.07, 6.45) is 1.42. The Bertz CT molecular complexity index is 508.